The van der Waals surface area contributed by atoms with Crippen LogP contribution in [-0.4, -0.2) is 45.4 Å². The van der Waals surface area contributed by atoms with Crippen LogP contribution in [0.3, 0.4) is 0 Å². The highest BCUT2D eigenvalue weighted by atomic mass is 16.5. The van der Waals surface area contributed by atoms with E-state index < -0.39 is 5.97 Å². The molecule has 0 aromatic carbocycles. The monoisotopic (exact) mass is 239 g/mol. The molecule has 0 amide bonds. The Balaban J connectivity index is 3.01. The van der Waals surface area contributed by atoms with E-state index in [1.165, 1.54) is 13.3 Å². The Hall–Kier alpha value is -1.82. The lowest BCUT2D eigenvalue weighted by Crippen LogP contribution is -2.25. The maximum absolute atomic E-state index is 11.6. The van der Waals surface area contributed by atoms with Gasteiger partial charge in [-0.2, -0.15) is 0 Å². The minimum absolute atomic E-state index is 0.353. The van der Waals surface area contributed by atoms with E-state index in [0.717, 1.165) is 0 Å². The highest BCUT2D eigenvalue weighted by Gasteiger charge is 2.16. The number of ether oxygens (including phenoxy) is 2. The third kappa shape index (κ3) is 3.32. The van der Waals surface area contributed by atoms with Crippen molar-refractivity contribution >= 4 is 17.5 Å². The molecule has 0 bridgehead atoms. The van der Waals surface area contributed by atoms with Crippen LogP contribution in [-0.2, 0) is 9.47 Å². The number of anilines is 2. The Bertz CT molecular complexity index is 396. The van der Waals surface area contributed by atoms with Crippen LogP contribution >= 0.6 is 0 Å². The number of nitrogens with two attached hydrogens (primary N) is 1. The second-order valence-electron chi connectivity index (χ2n) is 3.55. The van der Waals surface area contributed by atoms with Gasteiger partial charge in [0, 0.05) is 20.7 Å². The number of carbonyl (C=O) groups excluding carboxylic acids is 1. The van der Waals surface area contributed by atoms with Gasteiger partial charge in [0.1, 0.15) is 11.4 Å². The summed E-state index contributed by atoms with van der Waals surface area (Å²) in [5.41, 5.74) is 6.38. The van der Waals surface area contributed by atoms with Crippen molar-refractivity contribution < 1.29 is 14.3 Å². The third-order valence-electron chi connectivity index (χ3n) is 2.29. The van der Waals surface area contributed by atoms with Gasteiger partial charge in [0.25, 0.3) is 0 Å². The third-order valence-corrected chi connectivity index (χ3v) is 2.29. The van der Waals surface area contributed by atoms with E-state index in [1.807, 2.05) is 11.9 Å². The van der Waals surface area contributed by atoms with E-state index in [2.05, 4.69) is 4.98 Å². The molecule has 94 valence electrons. The van der Waals surface area contributed by atoms with Gasteiger partial charge >= 0.3 is 5.97 Å². The number of nitrogens with zero attached hydrogens (tertiary/aromatic N) is 2. The molecule has 0 aliphatic carbocycles. The van der Waals surface area contributed by atoms with Gasteiger partial charge in [-0.25, -0.2) is 9.78 Å². The Morgan fingerprint density at radius 2 is 2.24 bits per heavy atom. The molecule has 1 aromatic rings. The number of likely N-dealkylation sites (N-methyl/N-ethyl adjacent to an activating group) is 1. The standard InChI is InChI=1S/C11H17N3O3/c1-14(4-5-16-2)10-9(11(15)17-3)6-8(12)7-13-10/h6-7H,4-5,12H2,1-3H3. The lowest BCUT2D eigenvalue weighted by molar-refractivity contribution is 0.0601. The Kier molecular flexibility index (Phi) is 4.71. The number of rotatable bonds is 5. The molecule has 0 atom stereocenters. The number of esters is 1. The maximum atomic E-state index is 11.6. The summed E-state index contributed by atoms with van der Waals surface area (Å²) in [7, 11) is 4.76. The van der Waals surface area contributed by atoms with E-state index >= 15 is 0 Å². The first kappa shape index (κ1) is 13.2. The molecule has 0 unspecified atom stereocenters. The maximum Gasteiger partial charge on any atom is 0.341 e. The number of pyridine rings is 1. The Morgan fingerprint density at radius 3 is 2.82 bits per heavy atom. The largest absolute Gasteiger partial charge is 0.465 e. The van der Waals surface area contributed by atoms with Gasteiger partial charge in [-0.1, -0.05) is 0 Å². The molecule has 0 saturated carbocycles. The molecule has 0 radical (unpaired) electrons. The molecule has 2 N–H and O–H groups in total. The number of nitrogen functional groups attached to an aromatic ring is 1. The number of carbonyl (C=O) groups is 1. The number of hydrogen-bond donors (Lipinski definition) is 1. The molecule has 0 fully saturated rings. The highest BCUT2D eigenvalue weighted by molar-refractivity contribution is 5.95. The Morgan fingerprint density at radius 1 is 1.53 bits per heavy atom. The molecular weight excluding hydrogens is 222 g/mol. The summed E-state index contributed by atoms with van der Waals surface area (Å²) in [6.45, 7) is 1.17. The predicted molar refractivity (Wildman–Crippen MR) is 65.1 cm³/mol. The first-order valence-electron chi connectivity index (χ1n) is 5.14. The number of aromatic nitrogens is 1. The first-order valence-corrected chi connectivity index (χ1v) is 5.14. The van der Waals surface area contributed by atoms with Gasteiger partial charge in [-0.15, -0.1) is 0 Å². The molecule has 6 heteroatoms. The van der Waals surface area contributed by atoms with Crippen molar-refractivity contribution in [1.29, 1.82) is 0 Å². The van der Waals surface area contributed by atoms with Crippen molar-refractivity contribution in [1.82, 2.24) is 4.98 Å². The van der Waals surface area contributed by atoms with Crippen molar-refractivity contribution in [3.05, 3.63) is 17.8 Å². The molecular formula is C11H17N3O3. The van der Waals surface area contributed by atoms with Gasteiger partial charge in [0.05, 0.1) is 25.6 Å². The fourth-order valence-corrected chi connectivity index (χ4v) is 1.37. The number of methoxy groups -OCH3 is 2. The zero-order valence-electron chi connectivity index (χ0n) is 10.3. The first-order chi connectivity index (χ1) is 8.10. The van der Waals surface area contributed by atoms with Crippen LogP contribution < -0.4 is 10.6 Å². The van der Waals surface area contributed by atoms with E-state index in [9.17, 15) is 4.79 Å². The molecule has 0 saturated heterocycles. The summed E-state index contributed by atoms with van der Waals surface area (Å²) >= 11 is 0. The van der Waals surface area contributed by atoms with E-state index in [-0.39, 0.29) is 0 Å². The minimum atomic E-state index is -0.455. The van der Waals surface area contributed by atoms with Crippen LogP contribution in [0.2, 0.25) is 0 Å². The van der Waals surface area contributed by atoms with Gasteiger partial charge in [-0.05, 0) is 6.07 Å². The fourth-order valence-electron chi connectivity index (χ4n) is 1.37. The van der Waals surface area contributed by atoms with E-state index in [0.29, 0.717) is 30.2 Å². The van der Waals surface area contributed by atoms with Gasteiger partial charge in [0.2, 0.25) is 0 Å². The molecule has 17 heavy (non-hydrogen) atoms. The summed E-state index contributed by atoms with van der Waals surface area (Å²) in [6.07, 6.45) is 1.51. The average Bonchev–Trinajstić information content (AvgIpc) is 2.34. The molecule has 1 heterocycles. The van der Waals surface area contributed by atoms with Crippen molar-refractivity contribution in [3.8, 4) is 0 Å². The van der Waals surface area contributed by atoms with Crippen LogP contribution in [0.1, 0.15) is 10.4 Å². The second kappa shape index (κ2) is 6.05. The fraction of sp³-hybridized carbons (Fsp3) is 0.455. The van der Waals surface area contributed by atoms with Gasteiger partial charge < -0.3 is 20.1 Å². The highest BCUT2D eigenvalue weighted by Crippen LogP contribution is 2.19. The van der Waals surface area contributed by atoms with E-state index in [4.69, 9.17) is 15.2 Å². The van der Waals surface area contributed by atoms with Crippen molar-refractivity contribution in [2.24, 2.45) is 0 Å². The molecule has 1 rings (SSSR count). The Labute approximate surface area is 100 Å². The summed E-state index contributed by atoms with van der Waals surface area (Å²) in [5, 5.41) is 0. The second-order valence-corrected chi connectivity index (χ2v) is 3.55. The smallest absolute Gasteiger partial charge is 0.341 e. The van der Waals surface area contributed by atoms with Gasteiger partial charge in [-0.3, -0.25) is 0 Å². The quantitative estimate of drug-likeness (QED) is 0.755. The van der Waals surface area contributed by atoms with Crippen molar-refractivity contribution in [3.63, 3.8) is 0 Å². The summed E-state index contributed by atoms with van der Waals surface area (Å²) in [4.78, 5) is 17.5. The lowest BCUT2D eigenvalue weighted by atomic mass is 10.2. The summed E-state index contributed by atoms with van der Waals surface area (Å²) < 4.78 is 9.67. The molecule has 1 aromatic heterocycles. The molecule has 0 spiro atoms. The van der Waals surface area contributed by atoms with Crippen molar-refractivity contribution in [2.75, 3.05) is 45.1 Å². The van der Waals surface area contributed by atoms with Crippen LogP contribution in [0.25, 0.3) is 0 Å². The molecule has 0 aliphatic rings. The van der Waals surface area contributed by atoms with Crippen LogP contribution in [0.15, 0.2) is 12.3 Å². The minimum Gasteiger partial charge on any atom is -0.465 e. The van der Waals surface area contributed by atoms with Crippen LogP contribution in [0, 0.1) is 0 Å². The number of hydrogen-bond acceptors (Lipinski definition) is 6. The molecule has 6 nitrogen and oxygen atoms in total. The SMILES string of the molecule is COCCN(C)c1ncc(N)cc1C(=O)OC. The zero-order chi connectivity index (χ0) is 12.8. The lowest BCUT2D eigenvalue weighted by Gasteiger charge is -2.20. The van der Waals surface area contributed by atoms with Crippen LogP contribution in [0.5, 0.6) is 0 Å². The van der Waals surface area contributed by atoms with Crippen LogP contribution in [0.4, 0.5) is 11.5 Å². The summed E-state index contributed by atoms with van der Waals surface area (Å²) in [6, 6.07) is 1.55. The van der Waals surface area contributed by atoms with Gasteiger partial charge in [0.15, 0.2) is 0 Å². The normalized spacial score (nSPS) is 10.1. The van der Waals surface area contributed by atoms with E-state index in [1.54, 1.807) is 13.2 Å². The van der Waals surface area contributed by atoms with Crippen molar-refractivity contribution in [2.45, 2.75) is 0 Å². The average molecular weight is 239 g/mol. The zero-order valence-corrected chi connectivity index (χ0v) is 10.3. The predicted octanol–water partition coefficient (Wildman–Crippen LogP) is 0.533. The molecule has 0 aliphatic heterocycles. The summed E-state index contributed by atoms with van der Waals surface area (Å²) in [5.74, 6) is 0.0761. The topological polar surface area (TPSA) is 77.7 Å².